The summed E-state index contributed by atoms with van der Waals surface area (Å²) in [5.74, 6) is -0.934. The molecule has 6 nitrogen and oxygen atoms in total. The minimum Gasteiger partial charge on any atom is -0.480 e. The summed E-state index contributed by atoms with van der Waals surface area (Å²) in [6, 6.07) is -0.713. The number of rotatable bonds is 6. The van der Waals surface area contributed by atoms with Crippen LogP contribution in [-0.4, -0.2) is 26.9 Å². The van der Waals surface area contributed by atoms with Gasteiger partial charge >= 0.3 is 5.97 Å². The summed E-state index contributed by atoms with van der Waals surface area (Å²) in [7, 11) is 1.53. The van der Waals surface area contributed by atoms with Gasteiger partial charge in [-0.2, -0.15) is 5.10 Å². The maximum absolute atomic E-state index is 11.6. The summed E-state index contributed by atoms with van der Waals surface area (Å²) >= 11 is 3.15. The molecule has 0 amide bonds. The molecule has 0 aliphatic rings. The Morgan fingerprint density at radius 3 is 2.89 bits per heavy atom. The maximum Gasteiger partial charge on any atom is 0.326 e. The number of anilines is 1. The van der Waals surface area contributed by atoms with E-state index in [4.69, 9.17) is 5.11 Å². The smallest absolute Gasteiger partial charge is 0.326 e. The highest BCUT2D eigenvalue weighted by molar-refractivity contribution is 9.10. The number of hydrogen-bond donors (Lipinski definition) is 2. The zero-order valence-corrected chi connectivity index (χ0v) is 11.9. The molecule has 0 saturated heterocycles. The number of aromatic nitrogens is 2. The number of aryl methyl sites for hydroxylation is 1. The molecule has 1 aromatic rings. The molecule has 0 fully saturated rings. The molecule has 0 bridgehead atoms. The van der Waals surface area contributed by atoms with Crippen LogP contribution in [0.15, 0.2) is 15.5 Å². The Labute approximate surface area is 113 Å². The second kappa shape index (κ2) is 6.53. The predicted molar refractivity (Wildman–Crippen MR) is 71.7 cm³/mol. The van der Waals surface area contributed by atoms with E-state index in [1.807, 2.05) is 6.92 Å². The summed E-state index contributed by atoms with van der Waals surface area (Å²) < 4.78 is 1.47. The van der Waals surface area contributed by atoms with Gasteiger partial charge in [-0.3, -0.25) is 4.79 Å². The van der Waals surface area contributed by atoms with Gasteiger partial charge < -0.3 is 10.4 Å². The molecule has 1 aromatic heterocycles. The van der Waals surface area contributed by atoms with Gasteiger partial charge in [0.05, 0.1) is 11.9 Å². The third kappa shape index (κ3) is 3.56. The molecule has 2 N–H and O–H groups in total. The highest BCUT2D eigenvalue weighted by atomic mass is 79.9. The molecular weight excluding hydrogens is 302 g/mol. The average molecular weight is 318 g/mol. The SMILES string of the molecule is CCCCC(Nc1cnn(C)c(=O)c1Br)C(=O)O. The van der Waals surface area contributed by atoms with Crippen LogP contribution in [0.2, 0.25) is 0 Å². The summed E-state index contributed by atoms with van der Waals surface area (Å²) in [6.45, 7) is 1.99. The van der Waals surface area contributed by atoms with Gasteiger partial charge in [-0.05, 0) is 22.4 Å². The topological polar surface area (TPSA) is 84.2 Å². The highest BCUT2D eigenvalue weighted by Crippen LogP contribution is 2.18. The first kappa shape index (κ1) is 14.7. The Bertz CT molecular complexity index is 487. The Hall–Kier alpha value is -1.37. The number of carboxylic acid groups (broad SMARTS) is 1. The number of carbonyl (C=O) groups is 1. The molecule has 18 heavy (non-hydrogen) atoms. The van der Waals surface area contributed by atoms with Crippen molar-refractivity contribution < 1.29 is 9.90 Å². The minimum absolute atomic E-state index is 0.294. The van der Waals surface area contributed by atoms with Gasteiger partial charge in [0.2, 0.25) is 0 Å². The van der Waals surface area contributed by atoms with Crippen LogP contribution in [0.4, 0.5) is 5.69 Å². The zero-order valence-electron chi connectivity index (χ0n) is 10.3. The standard InChI is InChI=1S/C11H16BrN3O3/c1-3-4-5-7(11(17)18)14-8-6-13-15(2)10(16)9(8)12/h6-7,14H,3-5H2,1-2H3,(H,17,18). The van der Waals surface area contributed by atoms with Crippen molar-refractivity contribution in [1.29, 1.82) is 0 Å². The van der Waals surface area contributed by atoms with Crippen molar-refractivity contribution in [3.05, 3.63) is 21.0 Å². The summed E-state index contributed by atoms with van der Waals surface area (Å²) in [6.07, 6.45) is 3.67. The molecule has 100 valence electrons. The molecule has 1 rings (SSSR count). The van der Waals surface area contributed by atoms with E-state index in [9.17, 15) is 9.59 Å². The van der Waals surface area contributed by atoms with E-state index in [-0.39, 0.29) is 5.56 Å². The fourth-order valence-corrected chi connectivity index (χ4v) is 1.94. The lowest BCUT2D eigenvalue weighted by Crippen LogP contribution is -2.31. The summed E-state index contributed by atoms with van der Waals surface area (Å²) in [5, 5.41) is 15.8. The fraction of sp³-hybridized carbons (Fsp3) is 0.545. The number of nitrogens with one attached hydrogen (secondary N) is 1. The first-order chi connectivity index (χ1) is 8.47. The Morgan fingerprint density at radius 1 is 1.67 bits per heavy atom. The van der Waals surface area contributed by atoms with E-state index in [0.717, 1.165) is 12.8 Å². The maximum atomic E-state index is 11.6. The van der Waals surface area contributed by atoms with E-state index in [1.165, 1.54) is 17.9 Å². The van der Waals surface area contributed by atoms with Gasteiger partial charge in [-0.25, -0.2) is 9.48 Å². The van der Waals surface area contributed by atoms with Crippen molar-refractivity contribution in [2.45, 2.75) is 32.2 Å². The molecule has 7 heteroatoms. The average Bonchev–Trinajstić information content (AvgIpc) is 2.33. The summed E-state index contributed by atoms with van der Waals surface area (Å²) in [4.78, 5) is 22.7. The molecule has 1 heterocycles. The second-order valence-electron chi connectivity index (χ2n) is 3.98. The minimum atomic E-state index is -0.934. The van der Waals surface area contributed by atoms with Crippen LogP contribution in [0.25, 0.3) is 0 Å². The van der Waals surface area contributed by atoms with E-state index < -0.39 is 12.0 Å². The lowest BCUT2D eigenvalue weighted by Gasteiger charge is -2.16. The molecule has 0 aliphatic heterocycles. The fourth-order valence-electron chi connectivity index (χ4n) is 1.46. The quantitative estimate of drug-likeness (QED) is 0.832. The van der Waals surface area contributed by atoms with Crippen molar-refractivity contribution >= 4 is 27.6 Å². The molecule has 0 saturated carbocycles. The number of carboxylic acids is 1. The van der Waals surface area contributed by atoms with Crippen LogP contribution >= 0.6 is 15.9 Å². The van der Waals surface area contributed by atoms with E-state index in [1.54, 1.807) is 0 Å². The van der Waals surface area contributed by atoms with E-state index >= 15 is 0 Å². The molecule has 1 atom stereocenters. The summed E-state index contributed by atoms with van der Waals surface area (Å²) in [5.41, 5.74) is 0.0984. The van der Waals surface area contributed by atoms with Crippen LogP contribution in [-0.2, 0) is 11.8 Å². The number of halogens is 1. The first-order valence-electron chi connectivity index (χ1n) is 5.68. The molecule has 0 radical (unpaired) electrons. The Kier molecular flexibility index (Phi) is 5.33. The number of unbranched alkanes of at least 4 members (excludes halogenated alkanes) is 1. The van der Waals surface area contributed by atoms with Gasteiger partial charge in [0, 0.05) is 7.05 Å². The van der Waals surface area contributed by atoms with Crippen molar-refractivity contribution in [2.75, 3.05) is 5.32 Å². The third-order valence-electron chi connectivity index (χ3n) is 2.55. The lowest BCUT2D eigenvalue weighted by atomic mass is 10.1. The highest BCUT2D eigenvalue weighted by Gasteiger charge is 2.18. The van der Waals surface area contributed by atoms with Crippen LogP contribution < -0.4 is 10.9 Å². The van der Waals surface area contributed by atoms with Gasteiger partial charge in [0.25, 0.3) is 5.56 Å². The normalized spacial score (nSPS) is 12.2. The van der Waals surface area contributed by atoms with Crippen LogP contribution in [0.3, 0.4) is 0 Å². The zero-order chi connectivity index (χ0) is 13.7. The first-order valence-corrected chi connectivity index (χ1v) is 6.47. The Morgan fingerprint density at radius 2 is 2.33 bits per heavy atom. The molecule has 1 unspecified atom stereocenters. The van der Waals surface area contributed by atoms with Gasteiger partial charge in [-0.15, -0.1) is 0 Å². The van der Waals surface area contributed by atoms with Crippen LogP contribution in [0, 0.1) is 0 Å². The van der Waals surface area contributed by atoms with Gasteiger partial charge in [0.15, 0.2) is 0 Å². The van der Waals surface area contributed by atoms with E-state index in [2.05, 4.69) is 26.3 Å². The van der Waals surface area contributed by atoms with E-state index in [0.29, 0.717) is 16.6 Å². The number of aliphatic carboxylic acids is 1. The Balaban J connectivity index is 2.91. The van der Waals surface area contributed by atoms with Crippen molar-refractivity contribution in [1.82, 2.24) is 9.78 Å². The molecule has 0 aliphatic carbocycles. The number of hydrogen-bond acceptors (Lipinski definition) is 4. The lowest BCUT2D eigenvalue weighted by molar-refractivity contribution is -0.138. The van der Waals surface area contributed by atoms with Crippen LogP contribution in [0.1, 0.15) is 26.2 Å². The third-order valence-corrected chi connectivity index (χ3v) is 3.32. The van der Waals surface area contributed by atoms with Gasteiger partial charge in [-0.1, -0.05) is 19.8 Å². The van der Waals surface area contributed by atoms with Gasteiger partial charge in [0.1, 0.15) is 10.5 Å². The monoisotopic (exact) mass is 317 g/mol. The van der Waals surface area contributed by atoms with Crippen LogP contribution in [0.5, 0.6) is 0 Å². The van der Waals surface area contributed by atoms with Crippen molar-refractivity contribution in [3.63, 3.8) is 0 Å². The molecule has 0 spiro atoms. The second-order valence-corrected chi connectivity index (χ2v) is 4.77. The van der Waals surface area contributed by atoms with Crippen molar-refractivity contribution in [2.24, 2.45) is 7.05 Å². The molecule has 0 aromatic carbocycles. The predicted octanol–water partition coefficient (Wildman–Crippen LogP) is 1.60. The van der Waals surface area contributed by atoms with Crippen molar-refractivity contribution in [3.8, 4) is 0 Å². The molecular formula is C11H16BrN3O3. The number of nitrogens with zero attached hydrogens (tertiary/aromatic N) is 2. The largest absolute Gasteiger partial charge is 0.480 e.